The molecule has 0 aromatic heterocycles. The van der Waals surface area contributed by atoms with Gasteiger partial charge in [0.25, 0.3) is 0 Å². The third kappa shape index (κ3) is 2.45. The Bertz CT molecular complexity index is 352. The number of alkyl halides is 1. The number of aromatic carboxylic acids is 1. The Labute approximate surface area is 88.6 Å². The van der Waals surface area contributed by atoms with E-state index < -0.39 is 12.3 Å². The van der Waals surface area contributed by atoms with Gasteiger partial charge in [0.2, 0.25) is 6.36 Å². The first-order chi connectivity index (χ1) is 6.52. The Hall–Kier alpha value is -1.10. The topological polar surface area (TPSA) is 46.5 Å². The van der Waals surface area contributed by atoms with Crippen molar-refractivity contribution in [2.45, 2.75) is 13.3 Å². The molecule has 1 rings (SSSR count). The minimum Gasteiger partial charge on any atom is -0.478 e. The highest BCUT2D eigenvalue weighted by Gasteiger charge is 2.16. The number of rotatable bonds is 3. The summed E-state index contributed by atoms with van der Waals surface area (Å²) in [6.45, 7) is 1.19. The minimum absolute atomic E-state index is 0.0156. The van der Waals surface area contributed by atoms with Gasteiger partial charge in [-0.3, -0.25) is 0 Å². The number of halogens is 2. The maximum absolute atomic E-state index is 12.5. The lowest BCUT2D eigenvalue weighted by atomic mass is 10.2. The number of carboxylic acid groups (broad SMARTS) is 1. The molecule has 1 unspecified atom stereocenters. The molecule has 0 spiro atoms. The Morgan fingerprint density at radius 2 is 2.29 bits per heavy atom. The van der Waals surface area contributed by atoms with E-state index in [2.05, 4.69) is 15.9 Å². The lowest BCUT2D eigenvalue weighted by Crippen LogP contribution is -2.09. The fourth-order valence-electron chi connectivity index (χ4n) is 0.985. The molecule has 1 atom stereocenters. The maximum atomic E-state index is 12.5. The summed E-state index contributed by atoms with van der Waals surface area (Å²) in [7, 11) is 0. The number of carboxylic acids is 1. The molecule has 0 bridgehead atoms. The molecular weight excluding hydrogens is 255 g/mol. The first-order valence-electron chi connectivity index (χ1n) is 3.85. The minimum atomic E-state index is -1.54. The van der Waals surface area contributed by atoms with Crippen LogP contribution in [-0.4, -0.2) is 17.4 Å². The van der Waals surface area contributed by atoms with Gasteiger partial charge in [-0.2, -0.15) is 0 Å². The number of carbonyl (C=O) groups is 1. The summed E-state index contributed by atoms with van der Waals surface area (Å²) in [6.07, 6.45) is -1.54. The first kappa shape index (κ1) is 11.0. The van der Waals surface area contributed by atoms with Gasteiger partial charge in [0.05, 0.1) is 0 Å². The summed E-state index contributed by atoms with van der Waals surface area (Å²) in [5.74, 6) is -1.14. The van der Waals surface area contributed by atoms with E-state index in [0.717, 1.165) is 0 Å². The average Bonchev–Trinajstić information content (AvgIpc) is 2.01. The van der Waals surface area contributed by atoms with E-state index in [1.807, 2.05) is 0 Å². The van der Waals surface area contributed by atoms with Crippen molar-refractivity contribution in [2.75, 3.05) is 0 Å². The highest BCUT2D eigenvalue weighted by atomic mass is 79.9. The van der Waals surface area contributed by atoms with Crippen LogP contribution >= 0.6 is 15.9 Å². The summed E-state index contributed by atoms with van der Waals surface area (Å²) in [6, 6.07) is 4.54. The second-order valence-electron chi connectivity index (χ2n) is 2.58. The van der Waals surface area contributed by atoms with Crippen molar-refractivity contribution in [2.24, 2.45) is 0 Å². The molecule has 0 aliphatic carbocycles. The zero-order valence-electron chi connectivity index (χ0n) is 7.33. The fraction of sp³-hybridized carbons (Fsp3) is 0.222. The molecule has 0 aliphatic rings. The molecule has 76 valence electrons. The van der Waals surface area contributed by atoms with Crippen LogP contribution in [0.5, 0.6) is 5.75 Å². The van der Waals surface area contributed by atoms with Gasteiger partial charge in [-0.15, -0.1) is 0 Å². The number of hydrogen-bond donors (Lipinski definition) is 1. The maximum Gasteiger partial charge on any atom is 0.340 e. The SMILES string of the molecule is CC(F)Oc1cccc(Br)c1C(=O)O. The van der Waals surface area contributed by atoms with Crippen LogP contribution in [0.1, 0.15) is 17.3 Å². The van der Waals surface area contributed by atoms with Gasteiger partial charge in [0.1, 0.15) is 11.3 Å². The summed E-state index contributed by atoms with van der Waals surface area (Å²) in [4.78, 5) is 10.8. The predicted molar refractivity (Wildman–Crippen MR) is 52.3 cm³/mol. The van der Waals surface area contributed by atoms with E-state index in [1.54, 1.807) is 12.1 Å². The van der Waals surface area contributed by atoms with Crippen molar-refractivity contribution in [1.29, 1.82) is 0 Å². The van der Waals surface area contributed by atoms with E-state index in [9.17, 15) is 9.18 Å². The molecule has 3 nitrogen and oxygen atoms in total. The van der Waals surface area contributed by atoms with Crippen molar-refractivity contribution >= 4 is 21.9 Å². The van der Waals surface area contributed by atoms with Crippen molar-refractivity contribution in [3.63, 3.8) is 0 Å². The summed E-state index contributed by atoms with van der Waals surface area (Å²) < 4.78 is 17.6. The van der Waals surface area contributed by atoms with Crippen molar-refractivity contribution in [3.8, 4) is 5.75 Å². The van der Waals surface area contributed by atoms with E-state index in [-0.39, 0.29) is 11.3 Å². The first-order valence-corrected chi connectivity index (χ1v) is 4.64. The molecule has 5 heteroatoms. The van der Waals surface area contributed by atoms with Gasteiger partial charge >= 0.3 is 5.97 Å². The summed E-state index contributed by atoms with van der Waals surface area (Å²) in [5, 5.41) is 8.83. The molecule has 14 heavy (non-hydrogen) atoms. The Morgan fingerprint density at radius 1 is 1.64 bits per heavy atom. The monoisotopic (exact) mass is 262 g/mol. The third-order valence-corrected chi connectivity index (χ3v) is 2.14. The molecule has 0 aliphatic heterocycles. The lowest BCUT2D eigenvalue weighted by Gasteiger charge is -2.10. The van der Waals surface area contributed by atoms with Gasteiger partial charge in [0, 0.05) is 11.4 Å². The van der Waals surface area contributed by atoms with Crippen LogP contribution in [-0.2, 0) is 0 Å². The van der Waals surface area contributed by atoms with Crippen LogP contribution in [0.15, 0.2) is 22.7 Å². The Balaban J connectivity index is 3.14. The van der Waals surface area contributed by atoms with Crippen molar-refractivity contribution in [3.05, 3.63) is 28.2 Å². The second-order valence-corrected chi connectivity index (χ2v) is 3.43. The average molecular weight is 263 g/mol. The van der Waals surface area contributed by atoms with E-state index in [1.165, 1.54) is 13.0 Å². The normalized spacial score (nSPS) is 12.2. The van der Waals surface area contributed by atoms with Gasteiger partial charge < -0.3 is 9.84 Å². The number of ether oxygens (including phenoxy) is 1. The van der Waals surface area contributed by atoms with E-state index >= 15 is 0 Å². The summed E-state index contributed by atoms with van der Waals surface area (Å²) in [5.41, 5.74) is -0.0722. The van der Waals surface area contributed by atoms with Crippen LogP contribution in [0.4, 0.5) is 4.39 Å². The van der Waals surface area contributed by atoms with Gasteiger partial charge in [0.15, 0.2) is 0 Å². The standard InChI is InChI=1S/C9H8BrFO3/c1-5(11)14-7-4-2-3-6(10)8(7)9(12)13/h2-5H,1H3,(H,12,13). The van der Waals surface area contributed by atoms with Gasteiger partial charge in [-0.05, 0) is 28.1 Å². The third-order valence-electron chi connectivity index (χ3n) is 1.48. The van der Waals surface area contributed by atoms with Crippen LogP contribution in [0, 0.1) is 0 Å². The highest BCUT2D eigenvalue weighted by Crippen LogP contribution is 2.27. The molecular formula is C9H8BrFO3. The molecule has 1 aromatic rings. The summed E-state index contributed by atoms with van der Waals surface area (Å²) >= 11 is 3.05. The van der Waals surface area contributed by atoms with E-state index in [4.69, 9.17) is 9.84 Å². The Morgan fingerprint density at radius 3 is 2.79 bits per heavy atom. The van der Waals surface area contributed by atoms with Crippen LogP contribution in [0.2, 0.25) is 0 Å². The fourth-order valence-corrected chi connectivity index (χ4v) is 1.50. The molecule has 0 saturated heterocycles. The zero-order chi connectivity index (χ0) is 10.7. The number of benzene rings is 1. The van der Waals surface area contributed by atoms with Crippen molar-refractivity contribution < 1.29 is 19.0 Å². The molecule has 1 aromatic carbocycles. The van der Waals surface area contributed by atoms with Crippen LogP contribution in [0.25, 0.3) is 0 Å². The molecule has 0 radical (unpaired) electrons. The highest BCUT2D eigenvalue weighted by molar-refractivity contribution is 9.10. The Kier molecular flexibility index (Phi) is 3.46. The quantitative estimate of drug-likeness (QED) is 0.912. The molecule has 0 fully saturated rings. The predicted octanol–water partition coefficient (Wildman–Crippen LogP) is 2.84. The smallest absolute Gasteiger partial charge is 0.340 e. The molecule has 0 amide bonds. The zero-order valence-corrected chi connectivity index (χ0v) is 8.92. The second kappa shape index (κ2) is 4.41. The van der Waals surface area contributed by atoms with Gasteiger partial charge in [-0.25, -0.2) is 9.18 Å². The van der Waals surface area contributed by atoms with Crippen LogP contribution in [0.3, 0.4) is 0 Å². The van der Waals surface area contributed by atoms with Crippen molar-refractivity contribution in [1.82, 2.24) is 0 Å². The molecule has 0 saturated carbocycles. The molecule has 1 N–H and O–H groups in total. The largest absolute Gasteiger partial charge is 0.478 e. The number of hydrogen-bond acceptors (Lipinski definition) is 2. The molecule has 0 heterocycles. The van der Waals surface area contributed by atoms with Gasteiger partial charge in [-0.1, -0.05) is 6.07 Å². The van der Waals surface area contributed by atoms with Crippen LogP contribution < -0.4 is 4.74 Å². The van der Waals surface area contributed by atoms with E-state index in [0.29, 0.717) is 4.47 Å². The lowest BCUT2D eigenvalue weighted by molar-refractivity contribution is 0.0656.